The lowest BCUT2D eigenvalue weighted by molar-refractivity contribution is -0.139. The van der Waals surface area contributed by atoms with Crippen molar-refractivity contribution in [3.63, 3.8) is 0 Å². The Bertz CT molecular complexity index is 1410. The molecule has 0 radical (unpaired) electrons. The summed E-state index contributed by atoms with van der Waals surface area (Å²) in [4.78, 5) is 27.8. The third-order valence-corrected chi connectivity index (χ3v) is 8.54. The van der Waals surface area contributed by atoms with Crippen molar-refractivity contribution in [2.24, 2.45) is 0 Å². The van der Waals surface area contributed by atoms with Gasteiger partial charge in [-0.15, -0.1) is 0 Å². The van der Waals surface area contributed by atoms with Gasteiger partial charge in [0.25, 0.3) is 10.0 Å². The Morgan fingerprint density at radius 3 is 2.13 bits per heavy atom. The van der Waals surface area contributed by atoms with Crippen LogP contribution in [0.4, 0.5) is 5.69 Å². The molecule has 9 nitrogen and oxygen atoms in total. The SMILES string of the molecule is CNC(=O)[C@H](C)N(Cc1ccc(Br)cc1)C(=O)CN(c1ccc(OC)c(OC)c1)S(=O)(=O)c1ccc(C)cc1. The van der Waals surface area contributed by atoms with E-state index in [2.05, 4.69) is 21.2 Å². The molecule has 0 aromatic heterocycles. The van der Waals surface area contributed by atoms with Gasteiger partial charge >= 0.3 is 0 Å². The summed E-state index contributed by atoms with van der Waals surface area (Å²) in [6, 6.07) is 17.5. The number of halogens is 1. The number of anilines is 1. The number of rotatable bonds is 11. The molecule has 39 heavy (non-hydrogen) atoms. The fourth-order valence-electron chi connectivity index (χ4n) is 3.92. The predicted octanol–water partition coefficient (Wildman–Crippen LogP) is 4.13. The average Bonchev–Trinajstić information content (AvgIpc) is 2.94. The van der Waals surface area contributed by atoms with Crippen LogP contribution in [0.5, 0.6) is 11.5 Å². The molecule has 0 spiro atoms. The van der Waals surface area contributed by atoms with E-state index >= 15 is 0 Å². The lowest BCUT2D eigenvalue weighted by atomic mass is 10.1. The Morgan fingerprint density at radius 1 is 0.949 bits per heavy atom. The third kappa shape index (κ3) is 7.10. The van der Waals surface area contributed by atoms with E-state index in [1.807, 2.05) is 31.2 Å². The smallest absolute Gasteiger partial charge is 0.264 e. The molecular formula is C28H32BrN3O6S. The van der Waals surface area contributed by atoms with Crippen LogP contribution in [-0.4, -0.2) is 59.0 Å². The number of sulfonamides is 1. The lowest BCUT2D eigenvalue weighted by Crippen LogP contribution is -2.50. The molecular weight excluding hydrogens is 586 g/mol. The molecule has 0 saturated heterocycles. The number of aryl methyl sites for hydroxylation is 1. The Labute approximate surface area is 237 Å². The molecule has 3 aromatic carbocycles. The van der Waals surface area contributed by atoms with Gasteiger partial charge in [0.2, 0.25) is 11.8 Å². The van der Waals surface area contributed by atoms with Crippen molar-refractivity contribution in [3.05, 3.63) is 82.3 Å². The maximum absolute atomic E-state index is 13.9. The summed E-state index contributed by atoms with van der Waals surface area (Å²) in [5.41, 5.74) is 1.88. The fourth-order valence-corrected chi connectivity index (χ4v) is 5.59. The minimum absolute atomic E-state index is 0.0227. The summed E-state index contributed by atoms with van der Waals surface area (Å²) in [5.74, 6) is -0.221. The molecule has 1 atom stereocenters. The van der Waals surface area contributed by atoms with Crippen LogP contribution >= 0.6 is 15.9 Å². The van der Waals surface area contributed by atoms with Gasteiger partial charge in [-0.2, -0.15) is 0 Å². The van der Waals surface area contributed by atoms with Crippen molar-refractivity contribution in [2.75, 3.05) is 32.1 Å². The second-order valence-corrected chi connectivity index (χ2v) is 11.6. The minimum Gasteiger partial charge on any atom is -0.493 e. The monoisotopic (exact) mass is 617 g/mol. The molecule has 0 aliphatic carbocycles. The van der Waals surface area contributed by atoms with Gasteiger partial charge in [-0.05, 0) is 55.8 Å². The van der Waals surface area contributed by atoms with Gasteiger partial charge in [-0.3, -0.25) is 13.9 Å². The first-order valence-corrected chi connectivity index (χ1v) is 14.3. The Kier molecular flexibility index (Phi) is 9.98. The van der Waals surface area contributed by atoms with Gasteiger partial charge in [-0.25, -0.2) is 8.42 Å². The molecule has 1 N–H and O–H groups in total. The molecule has 208 valence electrons. The highest BCUT2D eigenvalue weighted by atomic mass is 79.9. The van der Waals surface area contributed by atoms with Gasteiger partial charge in [0, 0.05) is 24.1 Å². The zero-order valence-electron chi connectivity index (χ0n) is 22.5. The van der Waals surface area contributed by atoms with E-state index in [4.69, 9.17) is 9.47 Å². The lowest BCUT2D eigenvalue weighted by Gasteiger charge is -2.32. The van der Waals surface area contributed by atoms with Crippen molar-refractivity contribution in [1.29, 1.82) is 0 Å². The maximum atomic E-state index is 13.9. The average molecular weight is 619 g/mol. The molecule has 0 aliphatic rings. The molecule has 0 heterocycles. The second kappa shape index (κ2) is 13.0. The Morgan fingerprint density at radius 2 is 1.56 bits per heavy atom. The van der Waals surface area contributed by atoms with Gasteiger partial charge in [-0.1, -0.05) is 45.8 Å². The van der Waals surface area contributed by atoms with Gasteiger partial charge in [0.05, 0.1) is 24.8 Å². The Balaban J connectivity index is 2.08. The first-order chi connectivity index (χ1) is 18.5. The molecule has 0 aliphatic heterocycles. The minimum atomic E-state index is -4.19. The highest BCUT2D eigenvalue weighted by Gasteiger charge is 2.32. The van der Waals surface area contributed by atoms with Crippen LogP contribution in [0.2, 0.25) is 0 Å². The van der Waals surface area contributed by atoms with Crippen molar-refractivity contribution in [1.82, 2.24) is 10.2 Å². The van der Waals surface area contributed by atoms with Gasteiger partial charge < -0.3 is 19.7 Å². The number of nitrogens with one attached hydrogen (secondary N) is 1. The number of hydrogen-bond acceptors (Lipinski definition) is 6. The van der Waals surface area contributed by atoms with Crippen LogP contribution in [0.1, 0.15) is 18.1 Å². The van der Waals surface area contributed by atoms with E-state index in [0.717, 1.165) is 19.9 Å². The first-order valence-electron chi connectivity index (χ1n) is 12.1. The van der Waals surface area contributed by atoms with E-state index in [0.29, 0.717) is 11.5 Å². The maximum Gasteiger partial charge on any atom is 0.264 e. The summed E-state index contributed by atoms with van der Waals surface area (Å²) in [6.45, 7) is 3.01. The quantitative estimate of drug-likeness (QED) is 0.347. The van der Waals surface area contributed by atoms with E-state index in [1.165, 1.54) is 44.4 Å². The molecule has 0 fully saturated rings. The molecule has 0 unspecified atom stereocenters. The van der Waals surface area contributed by atoms with Crippen molar-refractivity contribution >= 4 is 43.5 Å². The summed E-state index contributed by atoms with van der Waals surface area (Å²) in [7, 11) is 0.209. The van der Waals surface area contributed by atoms with Crippen LogP contribution in [-0.2, 0) is 26.2 Å². The molecule has 3 rings (SSSR count). The van der Waals surface area contributed by atoms with Crippen LogP contribution in [0.25, 0.3) is 0 Å². The number of hydrogen-bond donors (Lipinski definition) is 1. The number of amides is 2. The van der Waals surface area contributed by atoms with Crippen LogP contribution in [0.15, 0.2) is 76.1 Å². The summed E-state index contributed by atoms with van der Waals surface area (Å²) in [6.07, 6.45) is 0. The number of likely N-dealkylation sites (N-methyl/N-ethyl adjacent to an activating group) is 1. The number of benzene rings is 3. The van der Waals surface area contributed by atoms with Crippen LogP contribution in [0, 0.1) is 6.92 Å². The largest absolute Gasteiger partial charge is 0.493 e. The molecule has 11 heteroatoms. The number of methoxy groups -OCH3 is 2. The third-order valence-electron chi connectivity index (χ3n) is 6.22. The van der Waals surface area contributed by atoms with E-state index < -0.39 is 28.5 Å². The van der Waals surface area contributed by atoms with Crippen LogP contribution < -0.4 is 19.1 Å². The highest BCUT2D eigenvalue weighted by molar-refractivity contribution is 9.10. The summed E-state index contributed by atoms with van der Waals surface area (Å²) >= 11 is 3.40. The van der Waals surface area contributed by atoms with Crippen molar-refractivity contribution < 1.29 is 27.5 Å². The van der Waals surface area contributed by atoms with E-state index in [9.17, 15) is 18.0 Å². The summed E-state index contributed by atoms with van der Waals surface area (Å²) in [5, 5.41) is 2.57. The number of ether oxygens (including phenoxy) is 2. The van der Waals surface area contributed by atoms with Crippen molar-refractivity contribution in [2.45, 2.75) is 31.3 Å². The molecule has 2 amide bonds. The molecule has 3 aromatic rings. The normalized spacial score (nSPS) is 11.8. The van der Waals surface area contributed by atoms with Gasteiger partial charge in [0.15, 0.2) is 11.5 Å². The zero-order valence-corrected chi connectivity index (χ0v) is 24.9. The summed E-state index contributed by atoms with van der Waals surface area (Å²) < 4.78 is 40.4. The first kappa shape index (κ1) is 30.0. The fraction of sp³-hybridized carbons (Fsp3) is 0.286. The Hall–Kier alpha value is -3.57. The van der Waals surface area contributed by atoms with Crippen molar-refractivity contribution in [3.8, 4) is 11.5 Å². The standard InChI is InChI=1S/C28H32BrN3O6S/c1-19-6-13-24(14-7-19)39(35,36)32(23-12-15-25(37-4)26(16-23)38-5)18-27(33)31(20(2)28(34)30-3)17-21-8-10-22(29)11-9-21/h6-16,20H,17-18H2,1-5H3,(H,30,34)/t20-/m0/s1. The number of nitrogens with zero attached hydrogens (tertiary/aromatic N) is 2. The number of carbonyl (C=O) groups is 2. The second-order valence-electron chi connectivity index (χ2n) is 8.80. The van der Waals surface area contributed by atoms with Crippen LogP contribution in [0.3, 0.4) is 0 Å². The topological polar surface area (TPSA) is 105 Å². The highest BCUT2D eigenvalue weighted by Crippen LogP contribution is 2.34. The van der Waals surface area contributed by atoms with E-state index in [1.54, 1.807) is 31.2 Å². The molecule has 0 saturated carbocycles. The number of carbonyl (C=O) groups excluding carboxylic acids is 2. The molecule has 0 bridgehead atoms. The predicted molar refractivity (Wildman–Crippen MR) is 153 cm³/mol. The van der Waals surface area contributed by atoms with Gasteiger partial charge in [0.1, 0.15) is 12.6 Å². The van der Waals surface area contributed by atoms with E-state index in [-0.39, 0.29) is 23.0 Å². The zero-order chi connectivity index (χ0) is 28.7.